The zero-order valence-corrected chi connectivity index (χ0v) is 16.5. The van der Waals surface area contributed by atoms with Crippen LogP contribution in [0.5, 0.6) is 0 Å². The quantitative estimate of drug-likeness (QED) is 0.340. The summed E-state index contributed by atoms with van der Waals surface area (Å²) in [7, 11) is 0. The minimum atomic E-state index is -1.04. The molecule has 0 aliphatic carbocycles. The number of carbonyl (C=O) groups is 2. The van der Waals surface area contributed by atoms with E-state index in [0.29, 0.717) is 44.3 Å². The van der Waals surface area contributed by atoms with E-state index in [9.17, 15) is 9.59 Å². The molecule has 2 aliphatic heterocycles. The molecule has 1 atom stereocenters. The highest BCUT2D eigenvalue weighted by molar-refractivity contribution is 6.02. The van der Waals surface area contributed by atoms with Gasteiger partial charge in [0.25, 0.3) is 0 Å². The maximum absolute atomic E-state index is 11.1. The average molecular weight is 418 g/mol. The van der Waals surface area contributed by atoms with Gasteiger partial charge < -0.3 is 25.5 Å². The predicted molar refractivity (Wildman–Crippen MR) is 108 cm³/mol. The molecule has 1 aromatic rings. The summed E-state index contributed by atoms with van der Waals surface area (Å²) in [5, 5.41) is 29.7. The summed E-state index contributed by atoms with van der Waals surface area (Å²) in [6.07, 6.45) is 1.81. The minimum Gasteiger partial charge on any atom is -0.480 e. The topological polar surface area (TPSA) is 159 Å². The van der Waals surface area contributed by atoms with Crippen molar-refractivity contribution >= 4 is 23.5 Å². The van der Waals surface area contributed by atoms with Crippen LogP contribution in [0.15, 0.2) is 29.4 Å². The molecule has 0 bridgehead atoms. The molecule has 0 aromatic heterocycles. The number of nitrogens with two attached hydrogens (primary N) is 1. The maximum Gasteiger partial charge on any atom is 0.329 e. The smallest absolute Gasteiger partial charge is 0.329 e. The molecule has 0 radical (unpaired) electrons. The van der Waals surface area contributed by atoms with E-state index in [4.69, 9.17) is 30.9 Å². The Morgan fingerprint density at radius 1 is 1.23 bits per heavy atom. The van der Waals surface area contributed by atoms with Gasteiger partial charge in [-0.05, 0) is 18.4 Å². The van der Waals surface area contributed by atoms with Crippen LogP contribution in [0.4, 0.5) is 0 Å². The summed E-state index contributed by atoms with van der Waals surface area (Å²) in [6, 6.07) is 7.18. The van der Waals surface area contributed by atoms with Gasteiger partial charge in [0.2, 0.25) is 0 Å². The monoisotopic (exact) mass is 418 g/mol. The molecule has 2 aliphatic rings. The Morgan fingerprint density at radius 3 is 2.47 bits per heavy atom. The van der Waals surface area contributed by atoms with E-state index >= 15 is 0 Å². The van der Waals surface area contributed by atoms with Gasteiger partial charge >= 0.3 is 11.9 Å². The summed E-state index contributed by atoms with van der Waals surface area (Å²) in [6.45, 7) is 0.571. The van der Waals surface area contributed by atoms with Crippen molar-refractivity contribution in [1.82, 2.24) is 4.90 Å². The number of hydrogen-bond acceptors (Lipinski definition) is 7. The highest BCUT2D eigenvalue weighted by Crippen LogP contribution is 2.34. The first kappa shape index (κ1) is 21.7. The number of carboxylic acid groups (broad SMARTS) is 2. The van der Waals surface area contributed by atoms with Gasteiger partial charge in [0.1, 0.15) is 18.5 Å². The van der Waals surface area contributed by atoms with Crippen molar-refractivity contribution < 1.29 is 29.4 Å². The second-order valence-electron chi connectivity index (χ2n) is 7.70. The number of ether oxygens (including phenoxy) is 1. The van der Waals surface area contributed by atoms with Gasteiger partial charge in [0.05, 0.1) is 17.9 Å². The number of rotatable bonds is 9. The van der Waals surface area contributed by atoms with Crippen molar-refractivity contribution in [2.45, 2.75) is 37.4 Å². The van der Waals surface area contributed by atoms with E-state index < -0.39 is 24.1 Å². The lowest BCUT2D eigenvalue weighted by Crippen LogP contribution is -2.49. The van der Waals surface area contributed by atoms with Crippen LogP contribution in [0.1, 0.15) is 36.8 Å². The van der Waals surface area contributed by atoms with Gasteiger partial charge in [-0.2, -0.15) is 0 Å². The average Bonchev–Trinajstić information content (AvgIpc) is 3.16. The number of likely N-dealkylation sites (tertiary alicyclic amines) is 1. The molecule has 1 fully saturated rings. The van der Waals surface area contributed by atoms with E-state index in [1.54, 1.807) is 12.1 Å². The molecule has 0 saturated carbocycles. The van der Waals surface area contributed by atoms with E-state index in [0.717, 1.165) is 11.3 Å². The van der Waals surface area contributed by atoms with Crippen molar-refractivity contribution in [2.24, 2.45) is 10.9 Å². The highest BCUT2D eigenvalue weighted by atomic mass is 16.6. The lowest BCUT2D eigenvalue weighted by atomic mass is 9.84. The molecular formula is C20H26N4O6. The number of oxime groups is 1. The Balaban J connectivity index is 1.62. The zero-order chi connectivity index (χ0) is 21.7. The third-order valence-corrected chi connectivity index (χ3v) is 5.49. The van der Waals surface area contributed by atoms with Crippen molar-refractivity contribution in [1.29, 1.82) is 5.41 Å². The van der Waals surface area contributed by atoms with Crippen LogP contribution in [0.2, 0.25) is 0 Å². The normalized spacial score (nSPS) is 20.9. The van der Waals surface area contributed by atoms with Crippen LogP contribution < -0.4 is 5.73 Å². The number of nitrogens with zero attached hydrogens (tertiary/aromatic N) is 2. The van der Waals surface area contributed by atoms with Crippen molar-refractivity contribution in [3.8, 4) is 0 Å². The Hall–Kier alpha value is -2.98. The predicted octanol–water partition coefficient (Wildman–Crippen LogP) is 0.874. The fourth-order valence-corrected chi connectivity index (χ4v) is 3.90. The number of hydrogen-bond donors (Lipinski definition) is 4. The molecule has 5 N–H and O–H groups in total. The number of benzene rings is 1. The second kappa shape index (κ2) is 9.23. The number of nitrogens with one attached hydrogen (secondary N) is 1. The molecule has 1 saturated heterocycles. The first-order valence-electron chi connectivity index (χ1n) is 9.74. The summed E-state index contributed by atoms with van der Waals surface area (Å²) in [5.41, 5.74) is 7.06. The highest BCUT2D eigenvalue weighted by Gasteiger charge is 2.40. The number of carboxylic acids is 2. The lowest BCUT2D eigenvalue weighted by Gasteiger charge is -2.41. The maximum atomic E-state index is 11.1. The first-order chi connectivity index (χ1) is 14.3. The summed E-state index contributed by atoms with van der Waals surface area (Å²) >= 11 is 0. The van der Waals surface area contributed by atoms with Crippen molar-refractivity contribution in [2.75, 3.05) is 26.2 Å². The molecule has 10 heteroatoms. The van der Waals surface area contributed by atoms with Crippen LogP contribution in [-0.4, -0.2) is 76.5 Å². The van der Waals surface area contributed by atoms with Crippen LogP contribution in [0, 0.1) is 5.41 Å². The molecule has 3 rings (SSSR count). The molecule has 30 heavy (non-hydrogen) atoms. The Morgan fingerprint density at radius 2 is 1.90 bits per heavy atom. The lowest BCUT2D eigenvalue weighted by molar-refractivity contribution is -0.159. The van der Waals surface area contributed by atoms with E-state index in [1.807, 2.05) is 17.0 Å². The summed E-state index contributed by atoms with van der Waals surface area (Å²) < 4.78 is 5.79. The molecule has 1 aromatic carbocycles. The van der Waals surface area contributed by atoms with Gasteiger partial charge in [-0.1, -0.05) is 29.4 Å². The molecule has 1 unspecified atom stereocenters. The molecular weight excluding hydrogens is 392 g/mol. The van der Waals surface area contributed by atoms with Gasteiger partial charge in [-0.3, -0.25) is 15.1 Å². The van der Waals surface area contributed by atoms with Crippen LogP contribution in [0.25, 0.3) is 0 Å². The zero-order valence-electron chi connectivity index (χ0n) is 16.5. The van der Waals surface area contributed by atoms with Gasteiger partial charge in [-0.25, -0.2) is 4.79 Å². The first-order valence-corrected chi connectivity index (χ1v) is 9.74. The number of amidine groups is 1. The summed E-state index contributed by atoms with van der Waals surface area (Å²) in [5.74, 6) is -1.94. The Bertz CT molecular complexity index is 830. The van der Waals surface area contributed by atoms with Gasteiger partial charge in [0.15, 0.2) is 0 Å². The van der Waals surface area contributed by atoms with E-state index in [1.165, 1.54) is 0 Å². The van der Waals surface area contributed by atoms with Gasteiger partial charge in [0, 0.05) is 31.5 Å². The van der Waals surface area contributed by atoms with E-state index in [-0.39, 0.29) is 18.5 Å². The second-order valence-corrected chi connectivity index (χ2v) is 7.70. The van der Waals surface area contributed by atoms with E-state index in [2.05, 4.69) is 5.16 Å². The van der Waals surface area contributed by atoms with Crippen LogP contribution in [-0.2, 0) is 19.2 Å². The minimum absolute atomic E-state index is 0.00389. The molecule has 162 valence electrons. The molecule has 0 amide bonds. The fourth-order valence-electron chi connectivity index (χ4n) is 3.90. The fraction of sp³-hybridized carbons (Fsp3) is 0.500. The Labute approximate surface area is 173 Å². The number of aliphatic carboxylic acids is 2. The van der Waals surface area contributed by atoms with Crippen LogP contribution >= 0.6 is 0 Å². The van der Waals surface area contributed by atoms with Crippen LogP contribution in [0.3, 0.4) is 0 Å². The molecule has 0 spiro atoms. The summed E-state index contributed by atoms with van der Waals surface area (Å²) in [4.78, 5) is 29.4. The third kappa shape index (κ3) is 5.55. The van der Waals surface area contributed by atoms with Crippen molar-refractivity contribution in [3.63, 3.8) is 0 Å². The molecule has 10 nitrogen and oxygen atoms in total. The molecule has 2 heterocycles. The Kier molecular flexibility index (Phi) is 6.68. The SMILES string of the molecule is N=C(N)c1ccc(C2=NOC(CC3(OCC(=O)O)CCN(CC(=O)O)CC3)C2)cc1. The number of nitrogen functional groups attached to an aromatic ring is 1. The number of piperidine rings is 1. The third-order valence-electron chi connectivity index (χ3n) is 5.49. The standard InChI is InChI=1S/C20H26N4O6/c21-19(22)14-3-1-13(2-4-14)16-9-15(30-23-16)10-20(29-12-18(27)28)5-7-24(8-6-20)11-17(25)26/h1-4,15H,5-12H2,(H3,21,22)(H,25,26)(H,27,28). The largest absolute Gasteiger partial charge is 0.480 e. The van der Waals surface area contributed by atoms with Crippen molar-refractivity contribution in [3.05, 3.63) is 35.4 Å². The van der Waals surface area contributed by atoms with Gasteiger partial charge in [-0.15, -0.1) is 0 Å².